The molecule has 0 radical (unpaired) electrons. The van der Waals surface area contributed by atoms with Gasteiger partial charge in [0.25, 0.3) is 0 Å². The standard InChI is InChI=1S/C24H24S6/c1-3-19-20(4-2)28-23(27-19)24-29-21(25-15-17-11-7-5-8-12-17)22(30-24)26-16-18-13-9-6-10-14-18/h5-14H,3-4,15-16H2,1-2H3. The lowest BCUT2D eigenvalue weighted by atomic mass is 10.2. The lowest BCUT2D eigenvalue weighted by molar-refractivity contribution is 1.12. The van der Waals surface area contributed by atoms with Crippen molar-refractivity contribution < 1.29 is 0 Å². The van der Waals surface area contributed by atoms with Gasteiger partial charge in [-0.15, -0.1) is 23.5 Å². The van der Waals surface area contributed by atoms with Gasteiger partial charge in [0.1, 0.15) is 0 Å². The van der Waals surface area contributed by atoms with Crippen molar-refractivity contribution in [3.05, 3.63) is 98.5 Å². The van der Waals surface area contributed by atoms with E-state index >= 15 is 0 Å². The molecule has 2 aliphatic heterocycles. The van der Waals surface area contributed by atoms with Gasteiger partial charge in [0.2, 0.25) is 0 Å². The Morgan fingerprint density at radius 2 is 0.967 bits per heavy atom. The zero-order chi connectivity index (χ0) is 20.8. The van der Waals surface area contributed by atoms with Crippen LogP contribution in [0.2, 0.25) is 0 Å². The highest BCUT2D eigenvalue weighted by molar-refractivity contribution is 8.42. The number of hydrogen-bond acceptors (Lipinski definition) is 6. The van der Waals surface area contributed by atoms with Crippen molar-refractivity contribution in [3.8, 4) is 0 Å². The second-order valence-corrected chi connectivity index (χ2v) is 13.9. The van der Waals surface area contributed by atoms with Crippen LogP contribution in [0.4, 0.5) is 0 Å². The van der Waals surface area contributed by atoms with E-state index < -0.39 is 0 Å². The highest BCUT2D eigenvalue weighted by atomic mass is 32.3. The molecule has 4 rings (SSSR count). The van der Waals surface area contributed by atoms with Crippen molar-refractivity contribution in [2.75, 3.05) is 0 Å². The first kappa shape index (κ1) is 22.9. The zero-order valence-electron chi connectivity index (χ0n) is 17.1. The summed E-state index contributed by atoms with van der Waals surface area (Å²) in [5.74, 6) is 2.06. The molecule has 0 aliphatic carbocycles. The number of thioether (sulfide) groups is 6. The summed E-state index contributed by atoms with van der Waals surface area (Å²) in [5, 5.41) is 0. The van der Waals surface area contributed by atoms with Gasteiger partial charge in [0.15, 0.2) is 0 Å². The molecule has 2 aromatic rings. The summed E-state index contributed by atoms with van der Waals surface area (Å²) in [6, 6.07) is 21.6. The SMILES string of the molecule is CCC1=C(CC)SC(=C2SC(SCc3ccccc3)=C(SCc3ccccc3)S2)S1. The van der Waals surface area contributed by atoms with Crippen LogP contribution in [0.25, 0.3) is 0 Å². The third kappa shape index (κ3) is 5.96. The molecule has 0 amide bonds. The molecule has 0 spiro atoms. The molecule has 0 nitrogen and oxygen atoms in total. The van der Waals surface area contributed by atoms with Crippen LogP contribution in [0.3, 0.4) is 0 Å². The lowest BCUT2D eigenvalue weighted by Crippen LogP contribution is -1.81. The summed E-state index contributed by atoms with van der Waals surface area (Å²) in [6.07, 6.45) is 2.29. The number of allylic oxidation sites excluding steroid dienone is 2. The van der Waals surface area contributed by atoms with E-state index in [9.17, 15) is 0 Å². The van der Waals surface area contributed by atoms with Crippen LogP contribution in [0.5, 0.6) is 0 Å². The van der Waals surface area contributed by atoms with E-state index in [1.54, 1.807) is 9.81 Å². The Balaban J connectivity index is 1.49. The van der Waals surface area contributed by atoms with Crippen LogP contribution in [-0.4, -0.2) is 0 Å². The van der Waals surface area contributed by atoms with Gasteiger partial charge in [-0.1, -0.05) is 122 Å². The van der Waals surface area contributed by atoms with E-state index in [0.29, 0.717) is 0 Å². The van der Waals surface area contributed by atoms with Crippen molar-refractivity contribution in [2.45, 2.75) is 38.2 Å². The van der Waals surface area contributed by atoms with Crippen molar-refractivity contribution in [1.29, 1.82) is 0 Å². The quantitative estimate of drug-likeness (QED) is 0.348. The molecule has 0 aromatic heterocycles. The van der Waals surface area contributed by atoms with E-state index in [4.69, 9.17) is 0 Å². The number of benzene rings is 2. The fourth-order valence-corrected chi connectivity index (χ4v) is 11.8. The Bertz CT molecular complexity index is 884. The molecule has 2 heterocycles. The minimum atomic E-state index is 1.03. The molecule has 0 N–H and O–H groups in total. The number of hydrogen-bond donors (Lipinski definition) is 0. The molecule has 0 unspecified atom stereocenters. The molecule has 2 aromatic carbocycles. The summed E-state index contributed by atoms with van der Waals surface area (Å²) in [4.78, 5) is 3.13. The first-order valence-corrected chi connectivity index (χ1v) is 15.3. The predicted molar refractivity (Wildman–Crippen MR) is 147 cm³/mol. The minimum absolute atomic E-state index is 1.03. The van der Waals surface area contributed by atoms with Crippen LogP contribution < -0.4 is 0 Å². The normalized spacial score (nSPS) is 16.9. The molecule has 2 aliphatic rings. The van der Waals surface area contributed by atoms with Gasteiger partial charge in [0.05, 0.1) is 16.9 Å². The van der Waals surface area contributed by atoms with E-state index in [1.165, 1.54) is 28.1 Å². The summed E-state index contributed by atoms with van der Waals surface area (Å²) in [6.45, 7) is 4.56. The van der Waals surface area contributed by atoms with Gasteiger partial charge in [0, 0.05) is 11.5 Å². The predicted octanol–water partition coefficient (Wildman–Crippen LogP) is 10.1. The third-order valence-corrected chi connectivity index (χ3v) is 13.7. The van der Waals surface area contributed by atoms with Gasteiger partial charge in [-0.3, -0.25) is 0 Å². The van der Waals surface area contributed by atoms with Gasteiger partial charge in [-0.2, -0.15) is 0 Å². The maximum atomic E-state index is 2.28. The fraction of sp³-hybridized carbons (Fsp3) is 0.250. The fourth-order valence-electron chi connectivity index (χ4n) is 2.96. The van der Waals surface area contributed by atoms with Crippen molar-refractivity contribution in [2.24, 2.45) is 0 Å². The molecule has 0 atom stereocenters. The summed E-state index contributed by atoms with van der Waals surface area (Å²) >= 11 is 12.0. The molecule has 156 valence electrons. The largest absolute Gasteiger partial charge is 0.112 e. The van der Waals surface area contributed by atoms with Crippen molar-refractivity contribution in [3.63, 3.8) is 0 Å². The smallest absolute Gasteiger partial charge is 0.0717 e. The van der Waals surface area contributed by atoms with Gasteiger partial charge in [-0.25, -0.2) is 0 Å². The highest BCUT2D eigenvalue weighted by Crippen LogP contribution is 2.64. The van der Waals surface area contributed by atoms with E-state index in [1.807, 2.05) is 70.6 Å². The monoisotopic (exact) mass is 504 g/mol. The zero-order valence-corrected chi connectivity index (χ0v) is 22.0. The van der Waals surface area contributed by atoms with Crippen molar-refractivity contribution in [1.82, 2.24) is 0 Å². The molecular formula is C24H24S6. The van der Waals surface area contributed by atoms with Gasteiger partial charge in [-0.05, 0) is 33.8 Å². The molecular weight excluding hydrogens is 481 g/mol. The topological polar surface area (TPSA) is 0 Å². The maximum absolute atomic E-state index is 2.28. The molecule has 0 bridgehead atoms. The second kappa shape index (κ2) is 11.6. The van der Waals surface area contributed by atoms with Crippen molar-refractivity contribution >= 4 is 70.6 Å². The van der Waals surface area contributed by atoms with Crippen LogP contribution in [0, 0.1) is 0 Å². The van der Waals surface area contributed by atoms with Crippen LogP contribution in [0.1, 0.15) is 37.8 Å². The Kier molecular flexibility index (Phi) is 8.85. The van der Waals surface area contributed by atoms with Crippen LogP contribution >= 0.6 is 70.6 Å². The Morgan fingerprint density at radius 1 is 0.567 bits per heavy atom. The molecule has 0 fully saturated rings. The van der Waals surface area contributed by atoms with E-state index in [2.05, 4.69) is 74.5 Å². The average molecular weight is 505 g/mol. The van der Waals surface area contributed by atoms with E-state index in [0.717, 1.165) is 24.3 Å². The lowest BCUT2D eigenvalue weighted by Gasteiger charge is -2.05. The molecule has 6 heteroatoms. The van der Waals surface area contributed by atoms with Crippen LogP contribution in [-0.2, 0) is 11.5 Å². The average Bonchev–Trinajstić information content (AvgIpc) is 3.41. The second-order valence-electron chi connectivity index (χ2n) is 6.66. The molecule has 30 heavy (non-hydrogen) atoms. The molecule has 0 saturated heterocycles. The summed E-state index contributed by atoms with van der Waals surface area (Å²) in [5.41, 5.74) is 2.78. The van der Waals surface area contributed by atoms with Gasteiger partial charge < -0.3 is 0 Å². The highest BCUT2D eigenvalue weighted by Gasteiger charge is 2.29. The summed E-state index contributed by atoms with van der Waals surface area (Å²) < 4.78 is 5.91. The van der Waals surface area contributed by atoms with E-state index in [-0.39, 0.29) is 0 Å². The third-order valence-electron chi connectivity index (χ3n) is 4.51. The first-order valence-electron chi connectivity index (χ1n) is 10.0. The Labute approximate surface area is 206 Å². The number of rotatable bonds is 8. The van der Waals surface area contributed by atoms with Gasteiger partial charge >= 0.3 is 0 Å². The minimum Gasteiger partial charge on any atom is -0.112 e. The Morgan fingerprint density at radius 3 is 1.37 bits per heavy atom. The summed E-state index contributed by atoms with van der Waals surface area (Å²) in [7, 11) is 0. The molecule has 0 saturated carbocycles. The maximum Gasteiger partial charge on any atom is 0.0717 e. The van der Waals surface area contributed by atoms with Crippen LogP contribution in [0.15, 0.2) is 87.4 Å². The Hall–Kier alpha value is -0.240. The first-order chi connectivity index (χ1) is 14.8.